The molecule has 1 aromatic heterocycles. The highest BCUT2D eigenvalue weighted by atomic mass is 79.9. The molecule has 0 bridgehead atoms. The monoisotopic (exact) mass is 747 g/mol. The van der Waals surface area contributed by atoms with Crippen LogP contribution in [0.15, 0.2) is 111 Å². The fourth-order valence-electron chi connectivity index (χ4n) is 5.84. The van der Waals surface area contributed by atoms with Crippen LogP contribution in [0.4, 0.5) is 0 Å². The Morgan fingerprint density at radius 2 is 1.78 bits per heavy atom. The van der Waals surface area contributed by atoms with Gasteiger partial charge in [-0.3, -0.25) is 9.36 Å². The molecule has 1 atom stereocenters. The fraction of sp³-hybridized carbons (Fsp3) is 0.200. The first-order chi connectivity index (χ1) is 24.2. The SMILES string of the molecule is CCOC(=O)C1=C(c2ccccc2)N=c2s/c(=C\c3cc(Br)c(OCc4ccccc4C#N)c(OC)c3)c(=O)n2[C@H]1c1ccc(C(C)C)cc1. The highest BCUT2D eigenvalue weighted by molar-refractivity contribution is 9.10. The van der Waals surface area contributed by atoms with Crippen molar-refractivity contribution in [2.75, 3.05) is 13.7 Å². The number of rotatable bonds is 10. The van der Waals surface area contributed by atoms with Gasteiger partial charge in [0.05, 0.1) is 51.7 Å². The number of esters is 1. The number of nitriles is 1. The quantitative estimate of drug-likeness (QED) is 0.139. The maximum Gasteiger partial charge on any atom is 0.338 e. The van der Waals surface area contributed by atoms with Crippen molar-refractivity contribution in [3.8, 4) is 17.6 Å². The molecule has 0 unspecified atom stereocenters. The van der Waals surface area contributed by atoms with Crippen LogP contribution >= 0.6 is 27.3 Å². The van der Waals surface area contributed by atoms with Gasteiger partial charge in [-0.1, -0.05) is 98.0 Å². The molecule has 0 saturated carbocycles. The number of thiazole rings is 1. The van der Waals surface area contributed by atoms with E-state index in [4.69, 9.17) is 19.2 Å². The van der Waals surface area contributed by atoms with Crippen LogP contribution in [0.2, 0.25) is 0 Å². The highest BCUT2D eigenvalue weighted by Gasteiger charge is 2.35. The zero-order valence-electron chi connectivity index (χ0n) is 28.0. The third kappa shape index (κ3) is 6.93. The van der Waals surface area contributed by atoms with E-state index in [2.05, 4.69) is 35.8 Å². The van der Waals surface area contributed by atoms with E-state index in [1.54, 1.807) is 36.8 Å². The zero-order chi connectivity index (χ0) is 35.4. The molecule has 0 saturated heterocycles. The maximum absolute atomic E-state index is 14.4. The minimum absolute atomic E-state index is 0.168. The van der Waals surface area contributed by atoms with Crippen molar-refractivity contribution in [2.45, 2.75) is 39.3 Å². The number of carbonyl (C=O) groups excluding carboxylic acids is 1. The Morgan fingerprint density at radius 1 is 1.06 bits per heavy atom. The molecule has 5 aromatic rings. The Kier molecular flexibility index (Phi) is 10.5. The van der Waals surface area contributed by atoms with E-state index >= 15 is 0 Å². The lowest BCUT2D eigenvalue weighted by Gasteiger charge is -2.26. The number of hydrogen-bond acceptors (Lipinski definition) is 8. The third-order valence-corrected chi connectivity index (χ3v) is 9.92. The van der Waals surface area contributed by atoms with Gasteiger partial charge < -0.3 is 14.2 Å². The van der Waals surface area contributed by atoms with Crippen molar-refractivity contribution in [1.82, 2.24) is 4.57 Å². The molecule has 2 heterocycles. The van der Waals surface area contributed by atoms with Crippen LogP contribution in [-0.4, -0.2) is 24.3 Å². The predicted molar refractivity (Wildman–Crippen MR) is 198 cm³/mol. The maximum atomic E-state index is 14.4. The van der Waals surface area contributed by atoms with Crippen molar-refractivity contribution in [3.05, 3.63) is 154 Å². The number of carbonyl (C=O) groups is 1. The van der Waals surface area contributed by atoms with Crippen molar-refractivity contribution < 1.29 is 19.0 Å². The summed E-state index contributed by atoms with van der Waals surface area (Å²) in [5.41, 5.74) is 5.13. The standard InChI is InChI=1S/C40H34BrN3O5S/c1-5-48-39(46)34-35(27-11-7-6-8-12-27)43-40-44(36(34)28-17-15-26(16-18-28)24(2)3)38(45)33(50-40)21-25-19-31(41)37(32(20-25)47-4)49-23-30-14-10-9-13-29(30)22-42/h6-21,24,36H,5,23H2,1-4H3/b33-21-/t36-/m0/s1. The number of benzene rings is 4. The third-order valence-electron chi connectivity index (χ3n) is 8.35. The van der Waals surface area contributed by atoms with Crippen LogP contribution < -0.4 is 24.4 Å². The molecule has 0 fully saturated rings. The average molecular weight is 749 g/mol. The number of aromatic nitrogens is 1. The van der Waals surface area contributed by atoms with Gasteiger partial charge in [-0.15, -0.1) is 0 Å². The fourth-order valence-corrected chi connectivity index (χ4v) is 7.41. The summed E-state index contributed by atoms with van der Waals surface area (Å²) in [6, 6.07) is 29.8. The zero-order valence-corrected chi connectivity index (χ0v) is 30.4. The smallest absolute Gasteiger partial charge is 0.338 e. The Morgan fingerprint density at radius 3 is 2.46 bits per heavy atom. The summed E-state index contributed by atoms with van der Waals surface area (Å²) in [6.45, 7) is 6.34. The number of halogens is 1. The van der Waals surface area contributed by atoms with E-state index in [0.717, 1.165) is 22.3 Å². The number of ether oxygens (including phenoxy) is 3. The number of methoxy groups -OCH3 is 1. The van der Waals surface area contributed by atoms with Crippen LogP contribution in [0.1, 0.15) is 66.1 Å². The second kappa shape index (κ2) is 15.1. The summed E-state index contributed by atoms with van der Waals surface area (Å²) in [5.74, 6) is 0.707. The van der Waals surface area contributed by atoms with Gasteiger partial charge in [-0.2, -0.15) is 5.26 Å². The molecule has 0 amide bonds. The molecule has 0 spiro atoms. The Labute approximate surface area is 302 Å². The Hall–Kier alpha value is -5.24. The van der Waals surface area contributed by atoms with Crippen LogP contribution in [0.5, 0.6) is 11.5 Å². The van der Waals surface area contributed by atoms with Crippen LogP contribution in [-0.2, 0) is 16.1 Å². The molecule has 0 radical (unpaired) electrons. The van der Waals surface area contributed by atoms with E-state index in [-0.39, 0.29) is 18.8 Å². The molecule has 4 aromatic carbocycles. The van der Waals surface area contributed by atoms with E-state index < -0.39 is 12.0 Å². The summed E-state index contributed by atoms with van der Waals surface area (Å²) >= 11 is 4.87. The molecule has 0 aliphatic carbocycles. The molecular formula is C40H34BrN3O5S. The lowest BCUT2D eigenvalue weighted by Crippen LogP contribution is -2.40. The van der Waals surface area contributed by atoms with Gasteiger partial charge in [0, 0.05) is 11.1 Å². The highest BCUT2D eigenvalue weighted by Crippen LogP contribution is 2.38. The van der Waals surface area contributed by atoms with Crippen molar-refractivity contribution >= 4 is 45.0 Å². The van der Waals surface area contributed by atoms with Gasteiger partial charge in [0.1, 0.15) is 6.61 Å². The van der Waals surface area contributed by atoms with Crippen LogP contribution in [0.3, 0.4) is 0 Å². The summed E-state index contributed by atoms with van der Waals surface area (Å²) in [7, 11) is 1.54. The van der Waals surface area contributed by atoms with Gasteiger partial charge in [0.15, 0.2) is 16.3 Å². The summed E-state index contributed by atoms with van der Waals surface area (Å²) < 4.78 is 20.0. The first-order valence-electron chi connectivity index (χ1n) is 16.1. The molecular weight excluding hydrogens is 714 g/mol. The van der Waals surface area contributed by atoms with Crippen molar-refractivity contribution in [3.63, 3.8) is 0 Å². The van der Waals surface area contributed by atoms with Crippen LogP contribution in [0, 0.1) is 11.3 Å². The first-order valence-corrected chi connectivity index (χ1v) is 17.7. The molecule has 1 aliphatic heterocycles. The molecule has 1 aliphatic rings. The van der Waals surface area contributed by atoms with Crippen molar-refractivity contribution in [2.24, 2.45) is 4.99 Å². The lowest BCUT2D eigenvalue weighted by molar-refractivity contribution is -0.138. The summed E-state index contributed by atoms with van der Waals surface area (Å²) in [4.78, 5) is 33.6. The van der Waals surface area contributed by atoms with E-state index in [1.807, 2.05) is 78.9 Å². The minimum atomic E-state index is -0.766. The van der Waals surface area contributed by atoms with E-state index in [1.165, 1.54) is 11.3 Å². The lowest BCUT2D eigenvalue weighted by atomic mass is 9.91. The number of nitrogens with zero attached hydrogens (tertiary/aromatic N) is 3. The predicted octanol–water partition coefficient (Wildman–Crippen LogP) is 7.28. The van der Waals surface area contributed by atoms with E-state index in [9.17, 15) is 14.9 Å². The normalized spacial score (nSPS) is 14.2. The molecule has 50 heavy (non-hydrogen) atoms. The number of fused-ring (bicyclic) bond motifs is 1. The molecule has 0 N–H and O–H groups in total. The average Bonchev–Trinajstić information content (AvgIpc) is 3.44. The largest absolute Gasteiger partial charge is 0.493 e. The minimum Gasteiger partial charge on any atom is -0.493 e. The summed E-state index contributed by atoms with van der Waals surface area (Å²) in [5, 5.41) is 9.48. The second-order valence-corrected chi connectivity index (χ2v) is 13.7. The van der Waals surface area contributed by atoms with Crippen molar-refractivity contribution in [1.29, 1.82) is 5.26 Å². The molecule has 252 valence electrons. The Balaban J connectivity index is 1.49. The van der Waals surface area contributed by atoms with Gasteiger partial charge in [-0.25, -0.2) is 9.79 Å². The molecule has 6 rings (SSSR count). The Bertz CT molecular complexity index is 2320. The van der Waals surface area contributed by atoms with Crippen LogP contribution in [0.25, 0.3) is 11.8 Å². The topological polar surface area (TPSA) is 103 Å². The summed E-state index contributed by atoms with van der Waals surface area (Å²) in [6.07, 6.45) is 1.78. The molecule has 8 nitrogen and oxygen atoms in total. The molecule has 10 heteroatoms. The van der Waals surface area contributed by atoms with Gasteiger partial charge in [-0.05, 0) is 69.7 Å². The van der Waals surface area contributed by atoms with Gasteiger partial charge >= 0.3 is 5.97 Å². The number of hydrogen-bond donors (Lipinski definition) is 0. The first kappa shape index (κ1) is 34.6. The van der Waals surface area contributed by atoms with E-state index in [0.29, 0.717) is 53.6 Å². The van der Waals surface area contributed by atoms with Gasteiger partial charge in [0.25, 0.3) is 5.56 Å². The van der Waals surface area contributed by atoms with Gasteiger partial charge in [0.2, 0.25) is 0 Å². The second-order valence-electron chi connectivity index (χ2n) is 11.8.